The van der Waals surface area contributed by atoms with Gasteiger partial charge in [-0.3, -0.25) is 4.79 Å². The zero-order valence-electron chi connectivity index (χ0n) is 15.6. The van der Waals surface area contributed by atoms with Crippen LogP contribution in [0.25, 0.3) is 0 Å². The third-order valence-corrected chi connectivity index (χ3v) is 6.62. The van der Waals surface area contributed by atoms with E-state index in [9.17, 15) is 4.79 Å². The van der Waals surface area contributed by atoms with Gasteiger partial charge >= 0.3 is 0 Å². The van der Waals surface area contributed by atoms with Gasteiger partial charge in [0.2, 0.25) is 5.91 Å². The van der Waals surface area contributed by atoms with Crippen LogP contribution < -0.4 is 5.32 Å². The minimum absolute atomic E-state index is 0.0586. The molecule has 1 heterocycles. The highest BCUT2D eigenvalue weighted by atomic mass is 32.2. The Morgan fingerprint density at radius 3 is 2.70 bits per heavy atom. The fourth-order valence-corrected chi connectivity index (χ4v) is 4.55. The normalized spacial score (nSPS) is 17.9. The number of nitrogens with zero attached hydrogens (tertiary/aromatic N) is 3. The van der Waals surface area contributed by atoms with Gasteiger partial charge in [-0.15, -0.1) is 16.8 Å². The number of carbonyl (C=O) groups excluding carboxylic acids is 1. The van der Waals surface area contributed by atoms with E-state index in [0.29, 0.717) is 24.8 Å². The Hall–Kier alpha value is -2.08. The smallest absolute Gasteiger partial charge is 0.230 e. The minimum atomic E-state index is 0.0586. The molecule has 0 spiro atoms. The summed E-state index contributed by atoms with van der Waals surface area (Å²) >= 11 is 1.46. The summed E-state index contributed by atoms with van der Waals surface area (Å²) in [5, 5.41) is 12.6. The highest BCUT2D eigenvalue weighted by Crippen LogP contribution is 2.43. The minimum Gasteiger partial charge on any atom is -0.354 e. The third kappa shape index (κ3) is 3.95. The zero-order chi connectivity index (χ0) is 18.7. The van der Waals surface area contributed by atoms with Crippen molar-refractivity contribution >= 4 is 17.7 Å². The van der Waals surface area contributed by atoms with E-state index in [1.807, 2.05) is 12.1 Å². The van der Waals surface area contributed by atoms with Crippen LogP contribution in [0, 0.1) is 0 Å². The number of hydrogen-bond donors (Lipinski definition) is 1. The first kappa shape index (κ1) is 18.3. The van der Waals surface area contributed by atoms with Gasteiger partial charge in [0.15, 0.2) is 5.16 Å². The summed E-state index contributed by atoms with van der Waals surface area (Å²) in [5.74, 6) is 1.99. The van der Waals surface area contributed by atoms with Crippen molar-refractivity contribution in [3.05, 3.63) is 54.4 Å². The molecule has 1 aromatic carbocycles. The summed E-state index contributed by atoms with van der Waals surface area (Å²) in [4.78, 5) is 12.4. The van der Waals surface area contributed by atoms with Gasteiger partial charge in [-0.25, -0.2) is 0 Å². The molecule has 142 valence electrons. The number of amides is 1. The Balaban J connectivity index is 1.33. The quantitative estimate of drug-likeness (QED) is 0.531. The fourth-order valence-electron chi connectivity index (χ4n) is 3.76. The summed E-state index contributed by atoms with van der Waals surface area (Å²) in [5.41, 5.74) is 1.45. The Labute approximate surface area is 164 Å². The lowest BCUT2D eigenvalue weighted by Gasteiger charge is -2.42. The average molecular weight is 383 g/mol. The molecule has 2 fully saturated rings. The van der Waals surface area contributed by atoms with E-state index < -0.39 is 0 Å². The number of hydrogen-bond acceptors (Lipinski definition) is 4. The predicted octanol–water partition coefficient (Wildman–Crippen LogP) is 3.67. The second-order valence-corrected chi connectivity index (χ2v) is 8.52. The van der Waals surface area contributed by atoms with Crippen molar-refractivity contribution in [2.24, 2.45) is 0 Å². The first-order valence-corrected chi connectivity index (χ1v) is 10.7. The summed E-state index contributed by atoms with van der Waals surface area (Å²) in [6, 6.07) is 10.6. The topological polar surface area (TPSA) is 59.8 Å². The number of thioether (sulfide) groups is 1. The fraction of sp³-hybridized carbons (Fsp3) is 0.476. The van der Waals surface area contributed by atoms with Crippen molar-refractivity contribution in [3.63, 3.8) is 0 Å². The Bertz CT molecular complexity index is 809. The van der Waals surface area contributed by atoms with Crippen LogP contribution in [0.4, 0.5) is 0 Å². The lowest BCUT2D eigenvalue weighted by molar-refractivity contribution is -0.119. The van der Waals surface area contributed by atoms with E-state index in [2.05, 4.69) is 50.9 Å². The van der Waals surface area contributed by atoms with Crippen molar-refractivity contribution in [1.82, 2.24) is 20.1 Å². The summed E-state index contributed by atoms with van der Waals surface area (Å²) < 4.78 is 2.10. The van der Waals surface area contributed by atoms with Crippen molar-refractivity contribution in [2.45, 2.75) is 55.1 Å². The average Bonchev–Trinajstić information content (AvgIpc) is 3.42. The van der Waals surface area contributed by atoms with Gasteiger partial charge in [0.1, 0.15) is 5.82 Å². The first-order chi connectivity index (χ1) is 13.2. The van der Waals surface area contributed by atoms with E-state index in [0.717, 1.165) is 23.8 Å². The van der Waals surface area contributed by atoms with Crippen LogP contribution in [-0.2, 0) is 16.8 Å². The van der Waals surface area contributed by atoms with Crippen LogP contribution in [0.1, 0.15) is 49.4 Å². The molecule has 4 rings (SSSR count). The maximum Gasteiger partial charge on any atom is 0.230 e. The second kappa shape index (κ2) is 7.89. The highest BCUT2D eigenvalue weighted by molar-refractivity contribution is 7.99. The van der Waals surface area contributed by atoms with E-state index >= 15 is 0 Å². The maximum atomic E-state index is 12.4. The lowest BCUT2D eigenvalue weighted by Crippen LogP contribution is -2.46. The molecule has 1 amide bonds. The van der Waals surface area contributed by atoms with Crippen molar-refractivity contribution in [1.29, 1.82) is 0 Å². The molecule has 1 N–H and O–H groups in total. The molecule has 0 aliphatic heterocycles. The van der Waals surface area contributed by atoms with Gasteiger partial charge in [-0.1, -0.05) is 54.6 Å². The predicted molar refractivity (Wildman–Crippen MR) is 108 cm³/mol. The largest absolute Gasteiger partial charge is 0.354 e. The van der Waals surface area contributed by atoms with Crippen molar-refractivity contribution in [3.8, 4) is 0 Å². The Morgan fingerprint density at radius 2 is 2.07 bits per heavy atom. The first-order valence-electron chi connectivity index (χ1n) is 9.71. The molecule has 0 bridgehead atoms. The number of allylic oxidation sites excluding steroid dienone is 1. The van der Waals surface area contributed by atoms with E-state index in [1.54, 1.807) is 0 Å². The molecule has 2 aliphatic rings. The molecule has 1 aromatic heterocycles. The van der Waals surface area contributed by atoms with Crippen LogP contribution in [0.3, 0.4) is 0 Å². The number of benzene rings is 1. The SMILES string of the molecule is C=CCn1c(SCC(=O)NCC2(c3ccccc3)CCC2)nnc1C1CC1. The van der Waals surface area contributed by atoms with Gasteiger partial charge in [-0.2, -0.15) is 0 Å². The molecular weight excluding hydrogens is 356 g/mol. The molecule has 0 saturated heterocycles. The van der Waals surface area contributed by atoms with Crippen LogP contribution in [0.5, 0.6) is 0 Å². The number of rotatable bonds is 9. The molecular formula is C21H26N4OS. The number of nitrogens with one attached hydrogen (secondary N) is 1. The van der Waals surface area contributed by atoms with Gasteiger partial charge in [0.25, 0.3) is 0 Å². The maximum absolute atomic E-state index is 12.4. The molecule has 2 saturated carbocycles. The van der Waals surface area contributed by atoms with Crippen molar-refractivity contribution < 1.29 is 4.79 Å². The number of aromatic nitrogens is 3. The Kier molecular flexibility index (Phi) is 5.34. The molecule has 0 atom stereocenters. The van der Waals surface area contributed by atoms with Gasteiger partial charge in [-0.05, 0) is 31.2 Å². The highest BCUT2D eigenvalue weighted by Gasteiger charge is 2.38. The molecule has 0 unspecified atom stereocenters. The van der Waals surface area contributed by atoms with Crippen LogP contribution in [-0.4, -0.2) is 33.0 Å². The van der Waals surface area contributed by atoms with Crippen LogP contribution in [0.2, 0.25) is 0 Å². The van der Waals surface area contributed by atoms with Crippen LogP contribution in [0.15, 0.2) is 48.1 Å². The van der Waals surface area contributed by atoms with E-state index in [4.69, 9.17) is 0 Å². The summed E-state index contributed by atoms with van der Waals surface area (Å²) in [6.07, 6.45) is 7.74. The summed E-state index contributed by atoms with van der Waals surface area (Å²) in [7, 11) is 0. The molecule has 27 heavy (non-hydrogen) atoms. The molecule has 2 aromatic rings. The molecule has 0 radical (unpaired) electrons. The second-order valence-electron chi connectivity index (χ2n) is 7.58. The van der Waals surface area contributed by atoms with E-state index in [-0.39, 0.29) is 11.3 Å². The molecule has 6 heteroatoms. The zero-order valence-corrected chi connectivity index (χ0v) is 16.4. The monoisotopic (exact) mass is 382 g/mol. The number of carbonyl (C=O) groups is 1. The summed E-state index contributed by atoms with van der Waals surface area (Å²) in [6.45, 7) is 5.23. The molecule has 5 nitrogen and oxygen atoms in total. The molecule has 2 aliphatic carbocycles. The standard InChI is InChI=1S/C21H26N4OS/c1-2-13-25-19(16-9-10-16)23-24-20(25)27-14-18(26)22-15-21(11-6-12-21)17-7-4-3-5-8-17/h2-5,7-8,16H,1,6,9-15H2,(H,22,26). The Morgan fingerprint density at radius 1 is 1.30 bits per heavy atom. The third-order valence-electron chi connectivity index (χ3n) is 5.65. The van der Waals surface area contributed by atoms with Gasteiger partial charge < -0.3 is 9.88 Å². The van der Waals surface area contributed by atoms with Crippen molar-refractivity contribution in [2.75, 3.05) is 12.3 Å². The lowest BCUT2D eigenvalue weighted by atomic mass is 9.64. The van der Waals surface area contributed by atoms with Gasteiger partial charge in [0.05, 0.1) is 5.75 Å². The van der Waals surface area contributed by atoms with Gasteiger partial charge in [0, 0.05) is 24.4 Å². The van der Waals surface area contributed by atoms with Crippen LogP contribution >= 0.6 is 11.8 Å². The van der Waals surface area contributed by atoms with E-state index in [1.165, 1.54) is 36.6 Å².